The van der Waals surface area contributed by atoms with Crippen molar-refractivity contribution in [2.75, 3.05) is 7.11 Å². The first kappa shape index (κ1) is 14.1. The van der Waals surface area contributed by atoms with Gasteiger partial charge in [0.15, 0.2) is 5.78 Å². The molecule has 0 unspecified atom stereocenters. The molecule has 4 nitrogen and oxygen atoms in total. The molecule has 0 N–H and O–H groups in total. The lowest BCUT2D eigenvalue weighted by Crippen LogP contribution is -2.05. The molecule has 0 aliphatic carbocycles. The molecule has 0 radical (unpaired) electrons. The van der Waals surface area contributed by atoms with Crippen LogP contribution in [0.5, 0.6) is 5.75 Å². The standard InChI is InChI=1S/C13H10F3NO3/c1-19-9-4-2-8(3-5-9)11(18)6-10-7-17-12(20-10)13(14,15)16/h2-5,7H,6H2,1H3. The number of alkyl halides is 3. The summed E-state index contributed by atoms with van der Waals surface area (Å²) in [6.45, 7) is 0. The van der Waals surface area contributed by atoms with E-state index in [1.807, 2.05) is 0 Å². The van der Waals surface area contributed by atoms with Gasteiger partial charge in [-0.2, -0.15) is 13.2 Å². The molecule has 0 aliphatic rings. The van der Waals surface area contributed by atoms with Crippen LogP contribution in [0.3, 0.4) is 0 Å². The molecule has 0 amide bonds. The average molecular weight is 285 g/mol. The minimum absolute atomic E-state index is 0.127. The lowest BCUT2D eigenvalue weighted by Gasteiger charge is -2.02. The predicted octanol–water partition coefficient (Wildman–Crippen LogP) is 3.13. The molecule has 106 valence electrons. The number of benzene rings is 1. The maximum atomic E-state index is 12.3. The van der Waals surface area contributed by atoms with E-state index in [-0.39, 0.29) is 18.0 Å². The van der Waals surface area contributed by atoms with Gasteiger partial charge in [0.25, 0.3) is 0 Å². The van der Waals surface area contributed by atoms with E-state index in [1.54, 1.807) is 12.1 Å². The number of ether oxygens (including phenoxy) is 1. The molecule has 20 heavy (non-hydrogen) atoms. The molecular weight excluding hydrogens is 275 g/mol. The molecule has 0 aliphatic heterocycles. The third-order valence-corrected chi connectivity index (χ3v) is 2.54. The minimum atomic E-state index is -4.65. The van der Waals surface area contributed by atoms with Gasteiger partial charge in [-0.3, -0.25) is 4.79 Å². The summed E-state index contributed by atoms with van der Waals surface area (Å²) in [6.07, 6.45) is -4.03. The Hall–Kier alpha value is -2.31. The van der Waals surface area contributed by atoms with Crippen LogP contribution in [0, 0.1) is 0 Å². The second kappa shape index (κ2) is 5.36. The fourth-order valence-corrected chi connectivity index (χ4v) is 1.56. The van der Waals surface area contributed by atoms with Crippen molar-refractivity contribution >= 4 is 5.78 Å². The molecule has 0 spiro atoms. The van der Waals surface area contributed by atoms with Crippen LogP contribution in [0.25, 0.3) is 0 Å². The molecule has 0 bridgehead atoms. The zero-order valence-electron chi connectivity index (χ0n) is 10.4. The van der Waals surface area contributed by atoms with Gasteiger partial charge in [0.05, 0.1) is 19.7 Å². The van der Waals surface area contributed by atoms with Crippen molar-refractivity contribution in [1.29, 1.82) is 0 Å². The maximum absolute atomic E-state index is 12.3. The van der Waals surface area contributed by atoms with Crippen LogP contribution in [0.1, 0.15) is 22.0 Å². The van der Waals surface area contributed by atoms with Gasteiger partial charge in [0.1, 0.15) is 11.5 Å². The summed E-state index contributed by atoms with van der Waals surface area (Å²) >= 11 is 0. The first-order chi connectivity index (χ1) is 9.40. The number of hydrogen-bond donors (Lipinski definition) is 0. The highest BCUT2D eigenvalue weighted by Gasteiger charge is 2.37. The summed E-state index contributed by atoms with van der Waals surface area (Å²) in [5, 5.41) is 0. The van der Waals surface area contributed by atoms with E-state index in [0.717, 1.165) is 6.20 Å². The Morgan fingerprint density at radius 2 is 1.95 bits per heavy atom. The third kappa shape index (κ3) is 3.17. The van der Waals surface area contributed by atoms with Gasteiger partial charge < -0.3 is 9.15 Å². The van der Waals surface area contributed by atoms with Crippen LogP contribution in [0.4, 0.5) is 13.2 Å². The van der Waals surface area contributed by atoms with Crippen LogP contribution in [0.15, 0.2) is 34.9 Å². The minimum Gasteiger partial charge on any atom is -0.497 e. The number of halogens is 3. The zero-order valence-corrected chi connectivity index (χ0v) is 10.4. The van der Waals surface area contributed by atoms with Gasteiger partial charge in [-0.15, -0.1) is 0 Å². The second-order valence-electron chi connectivity index (χ2n) is 3.96. The zero-order chi connectivity index (χ0) is 14.8. The average Bonchev–Trinajstić information content (AvgIpc) is 2.87. The fraction of sp³-hybridized carbons (Fsp3) is 0.231. The van der Waals surface area contributed by atoms with Gasteiger partial charge in [0.2, 0.25) is 0 Å². The van der Waals surface area contributed by atoms with E-state index in [4.69, 9.17) is 4.74 Å². The number of nitrogens with zero attached hydrogens (tertiary/aromatic N) is 1. The number of oxazole rings is 1. The lowest BCUT2D eigenvalue weighted by molar-refractivity contribution is -0.157. The number of methoxy groups -OCH3 is 1. The van der Waals surface area contributed by atoms with E-state index in [9.17, 15) is 18.0 Å². The fourth-order valence-electron chi connectivity index (χ4n) is 1.56. The first-order valence-electron chi connectivity index (χ1n) is 5.59. The van der Waals surface area contributed by atoms with Crippen molar-refractivity contribution in [3.63, 3.8) is 0 Å². The van der Waals surface area contributed by atoms with E-state index < -0.39 is 12.1 Å². The normalized spacial score (nSPS) is 11.4. The molecule has 1 aromatic heterocycles. The van der Waals surface area contributed by atoms with Gasteiger partial charge in [0, 0.05) is 5.56 Å². The summed E-state index contributed by atoms with van der Waals surface area (Å²) < 4.78 is 46.3. The maximum Gasteiger partial charge on any atom is 0.468 e. The molecule has 0 saturated heterocycles. The predicted molar refractivity (Wildman–Crippen MR) is 62.5 cm³/mol. The Kier molecular flexibility index (Phi) is 3.78. The molecule has 1 aromatic carbocycles. The quantitative estimate of drug-likeness (QED) is 0.810. The highest BCUT2D eigenvalue weighted by Crippen LogP contribution is 2.28. The van der Waals surface area contributed by atoms with Gasteiger partial charge in [-0.05, 0) is 24.3 Å². The Morgan fingerprint density at radius 1 is 1.30 bits per heavy atom. The van der Waals surface area contributed by atoms with Crippen LogP contribution < -0.4 is 4.74 Å². The summed E-state index contributed by atoms with van der Waals surface area (Å²) in [5.74, 6) is -1.26. The van der Waals surface area contributed by atoms with Crippen molar-refractivity contribution in [1.82, 2.24) is 4.98 Å². The summed E-state index contributed by atoms with van der Waals surface area (Å²) in [4.78, 5) is 15.0. The van der Waals surface area contributed by atoms with E-state index in [0.29, 0.717) is 11.3 Å². The Bertz CT molecular complexity index is 602. The Morgan fingerprint density at radius 3 is 2.45 bits per heavy atom. The van der Waals surface area contributed by atoms with Crippen molar-refractivity contribution in [3.05, 3.63) is 47.7 Å². The first-order valence-corrected chi connectivity index (χ1v) is 5.59. The van der Waals surface area contributed by atoms with Crippen LogP contribution in [-0.2, 0) is 12.6 Å². The third-order valence-electron chi connectivity index (χ3n) is 2.54. The van der Waals surface area contributed by atoms with Crippen LogP contribution >= 0.6 is 0 Å². The molecule has 2 rings (SSSR count). The lowest BCUT2D eigenvalue weighted by atomic mass is 10.1. The van der Waals surface area contributed by atoms with Crippen molar-refractivity contribution < 1.29 is 27.1 Å². The molecule has 1 heterocycles. The van der Waals surface area contributed by atoms with Crippen molar-refractivity contribution in [2.45, 2.75) is 12.6 Å². The molecule has 2 aromatic rings. The number of aromatic nitrogens is 1. The van der Waals surface area contributed by atoms with Crippen molar-refractivity contribution in [2.24, 2.45) is 0 Å². The Labute approximate surface area is 112 Å². The van der Waals surface area contributed by atoms with E-state index in [1.165, 1.54) is 19.2 Å². The number of carbonyl (C=O) groups is 1. The molecule has 0 saturated carbocycles. The van der Waals surface area contributed by atoms with E-state index in [2.05, 4.69) is 9.40 Å². The monoisotopic (exact) mass is 285 g/mol. The van der Waals surface area contributed by atoms with Gasteiger partial charge in [-0.25, -0.2) is 4.98 Å². The highest BCUT2D eigenvalue weighted by atomic mass is 19.4. The number of Topliss-reactive ketones (excluding diaryl/α,β-unsaturated/α-hetero) is 1. The molecule has 7 heteroatoms. The largest absolute Gasteiger partial charge is 0.497 e. The SMILES string of the molecule is COc1ccc(C(=O)Cc2cnc(C(F)(F)F)o2)cc1. The van der Waals surface area contributed by atoms with Crippen LogP contribution in [-0.4, -0.2) is 17.9 Å². The smallest absolute Gasteiger partial charge is 0.468 e. The molecule has 0 atom stereocenters. The number of hydrogen-bond acceptors (Lipinski definition) is 4. The van der Waals surface area contributed by atoms with Gasteiger partial charge >= 0.3 is 12.1 Å². The molecular formula is C13H10F3NO3. The molecule has 0 fully saturated rings. The topological polar surface area (TPSA) is 52.3 Å². The van der Waals surface area contributed by atoms with Crippen molar-refractivity contribution in [3.8, 4) is 5.75 Å². The number of rotatable bonds is 4. The number of ketones is 1. The van der Waals surface area contributed by atoms with Crippen LogP contribution in [0.2, 0.25) is 0 Å². The summed E-state index contributed by atoms with van der Waals surface area (Å²) in [6, 6.07) is 6.24. The summed E-state index contributed by atoms with van der Waals surface area (Å²) in [5.41, 5.74) is 0.357. The summed E-state index contributed by atoms with van der Waals surface area (Å²) in [7, 11) is 1.49. The van der Waals surface area contributed by atoms with Gasteiger partial charge in [-0.1, -0.05) is 0 Å². The Balaban J connectivity index is 2.09. The second-order valence-corrected chi connectivity index (χ2v) is 3.96. The van der Waals surface area contributed by atoms with E-state index >= 15 is 0 Å². The highest BCUT2D eigenvalue weighted by molar-refractivity contribution is 5.97. The number of carbonyl (C=O) groups excluding carboxylic acids is 1.